The smallest absolute Gasteiger partial charge is 0.273 e. The van der Waals surface area contributed by atoms with Gasteiger partial charge in [0, 0.05) is 24.0 Å². The summed E-state index contributed by atoms with van der Waals surface area (Å²) in [6.07, 6.45) is 3.34. The summed E-state index contributed by atoms with van der Waals surface area (Å²) in [5, 5.41) is 7.70. The van der Waals surface area contributed by atoms with Gasteiger partial charge in [-0.05, 0) is 45.1 Å². The lowest BCUT2D eigenvalue weighted by molar-refractivity contribution is -0.116. The van der Waals surface area contributed by atoms with Crippen LogP contribution in [0.2, 0.25) is 0 Å². The molecule has 2 N–H and O–H groups in total. The van der Waals surface area contributed by atoms with Gasteiger partial charge in [-0.15, -0.1) is 0 Å². The van der Waals surface area contributed by atoms with Crippen LogP contribution in [0, 0.1) is 13.8 Å². The van der Waals surface area contributed by atoms with Crippen molar-refractivity contribution in [3.05, 3.63) is 46.1 Å². The van der Waals surface area contributed by atoms with E-state index in [-0.39, 0.29) is 5.91 Å². The van der Waals surface area contributed by atoms with E-state index in [0.29, 0.717) is 17.0 Å². The van der Waals surface area contributed by atoms with Crippen LogP contribution in [-0.4, -0.2) is 40.8 Å². The number of nitrogens with zero attached hydrogens (tertiary/aromatic N) is 3. The third-order valence-corrected chi connectivity index (χ3v) is 3.83. The van der Waals surface area contributed by atoms with E-state index < -0.39 is 0 Å². The fourth-order valence-electron chi connectivity index (χ4n) is 2.65. The van der Waals surface area contributed by atoms with Gasteiger partial charge in [-0.1, -0.05) is 5.16 Å². The van der Waals surface area contributed by atoms with Crippen molar-refractivity contribution in [2.45, 2.75) is 20.4 Å². The Balaban J connectivity index is 2.01. The molecule has 3 heterocycles. The minimum atomic E-state index is -0.253. The van der Waals surface area contributed by atoms with Gasteiger partial charge in [-0.3, -0.25) is 4.79 Å². The molecule has 0 saturated carbocycles. The Bertz CT molecular complexity index is 797. The van der Waals surface area contributed by atoms with Crippen LogP contribution in [0.3, 0.4) is 0 Å². The van der Waals surface area contributed by atoms with Crippen molar-refractivity contribution in [1.29, 1.82) is 0 Å². The second-order valence-electron chi connectivity index (χ2n) is 5.84. The molecule has 0 fully saturated rings. The van der Waals surface area contributed by atoms with E-state index in [1.807, 2.05) is 34.0 Å². The molecule has 1 aliphatic rings. The number of carbonyl (C=O) groups is 1. The predicted octanol–water partition coefficient (Wildman–Crippen LogP) is 1.60. The molecule has 2 aromatic heterocycles. The lowest BCUT2D eigenvalue weighted by atomic mass is 10.0. The summed E-state index contributed by atoms with van der Waals surface area (Å²) in [5.74, 6) is 0.209. The van der Waals surface area contributed by atoms with Crippen molar-refractivity contribution in [3.8, 4) is 0 Å². The number of aromatic nitrogens is 2. The zero-order valence-electron chi connectivity index (χ0n) is 13.6. The Labute approximate surface area is 134 Å². The Hall–Kier alpha value is -2.67. The molecule has 0 saturated heterocycles. The minimum Gasteiger partial charge on any atom is -0.359 e. The van der Waals surface area contributed by atoms with Crippen molar-refractivity contribution in [2.75, 3.05) is 14.1 Å². The highest BCUT2D eigenvalue weighted by Crippen LogP contribution is 2.23. The van der Waals surface area contributed by atoms with Crippen LogP contribution < -0.4 is 5.43 Å². The third kappa shape index (κ3) is 2.83. The average molecular weight is 313 g/mol. The van der Waals surface area contributed by atoms with E-state index in [1.165, 1.54) is 11.8 Å². The average Bonchev–Trinajstić information content (AvgIpc) is 3.18. The van der Waals surface area contributed by atoms with Gasteiger partial charge in [0.1, 0.15) is 5.71 Å². The highest BCUT2D eigenvalue weighted by molar-refractivity contribution is 6.32. The van der Waals surface area contributed by atoms with Crippen molar-refractivity contribution < 1.29 is 9.32 Å². The number of carbonyl (C=O) groups excluding carboxylic acids is 1. The standard InChI is InChI=1S/C16H19N5O2/c1-9-12(8-21(3)4)10(2)18-13(9)7-11-15(19-20-16(11)22)14-5-6-17-23-14/h5-7,18H,8H2,1-4H3,(H,20,22). The number of H-pyrrole nitrogens is 1. The molecule has 7 nitrogen and oxygen atoms in total. The fraction of sp³-hybridized carbons (Fsp3) is 0.312. The van der Waals surface area contributed by atoms with Gasteiger partial charge in [-0.2, -0.15) is 5.10 Å². The fourth-order valence-corrected chi connectivity index (χ4v) is 2.65. The predicted molar refractivity (Wildman–Crippen MR) is 86.8 cm³/mol. The number of rotatable bonds is 4. The van der Waals surface area contributed by atoms with Gasteiger partial charge in [-0.25, -0.2) is 5.43 Å². The van der Waals surface area contributed by atoms with Gasteiger partial charge in [0.05, 0.1) is 11.8 Å². The maximum Gasteiger partial charge on any atom is 0.273 e. The van der Waals surface area contributed by atoms with Crippen LogP contribution in [-0.2, 0) is 11.3 Å². The van der Waals surface area contributed by atoms with Crippen LogP contribution in [0.25, 0.3) is 6.08 Å². The Morgan fingerprint density at radius 1 is 1.35 bits per heavy atom. The number of hydrogen-bond donors (Lipinski definition) is 2. The summed E-state index contributed by atoms with van der Waals surface area (Å²) < 4.78 is 5.11. The molecule has 0 bridgehead atoms. The largest absolute Gasteiger partial charge is 0.359 e. The van der Waals surface area contributed by atoms with Gasteiger partial charge < -0.3 is 14.4 Å². The summed E-state index contributed by atoms with van der Waals surface area (Å²) in [6.45, 7) is 4.92. The lowest BCUT2D eigenvalue weighted by Gasteiger charge is -2.10. The highest BCUT2D eigenvalue weighted by atomic mass is 16.5. The van der Waals surface area contributed by atoms with Crippen LogP contribution in [0.4, 0.5) is 0 Å². The summed E-state index contributed by atoms with van der Waals surface area (Å²) in [7, 11) is 4.06. The topological polar surface area (TPSA) is 86.5 Å². The van der Waals surface area contributed by atoms with Crippen LogP contribution in [0.5, 0.6) is 0 Å². The molecule has 3 rings (SSSR count). The molecule has 0 aromatic carbocycles. The molecular weight excluding hydrogens is 294 g/mol. The van der Waals surface area contributed by atoms with Crippen LogP contribution in [0.1, 0.15) is 28.3 Å². The summed E-state index contributed by atoms with van der Waals surface area (Å²) >= 11 is 0. The maximum atomic E-state index is 12.1. The second-order valence-corrected chi connectivity index (χ2v) is 5.84. The molecular formula is C16H19N5O2. The number of hydrogen-bond acceptors (Lipinski definition) is 5. The molecule has 0 atom stereocenters. The third-order valence-electron chi connectivity index (χ3n) is 3.83. The SMILES string of the molecule is Cc1[nH]c(C=C2C(=O)NN=C2c2ccno2)c(C)c1CN(C)C. The lowest BCUT2D eigenvalue weighted by Crippen LogP contribution is -2.13. The first-order chi connectivity index (χ1) is 11.0. The van der Waals surface area contributed by atoms with Crippen LogP contribution >= 0.6 is 0 Å². The zero-order valence-corrected chi connectivity index (χ0v) is 13.6. The Kier molecular flexibility index (Phi) is 3.87. The van der Waals surface area contributed by atoms with Gasteiger partial charge in [0.15, 0.2) is 5.76 Å². The molecule has 2 aromatic rings. The van der Waals surface area contributed by atoms with Crippen molar-refractivity contribution >= 4 is 17.7 Å². The second kappa shape index (κ2) is 5.85. The van der Waals surface area contributed by atoms with Crippen LogP contribution in [0.15, 0.2) is 27.5 Å². The van der Waals surface area contributed by atoms with Crippen molar-refractivity contribution in [1.82, 2.24) is 20.5 Å². The van der Waals surface area contributed by atoms with E-state index in [4.69, 9.17) is 4.52 Å². The highest BCUT2D eigenvalue weighted by Gasteiger charge is 2.27. The molecule has 0 aliphatic carbocycles. The first-order valence-electron chi connectivity index (χ1n) is 7.31. The van der Waals surface area contributed by atoms with E-state index in [2.05, 4.69) is 25.6 Å². The Morgan fingerprint density at radius 3 is 2.78 bits per heavy atom. The Morgan fingerprint density at radius 2 is 2.13 bits per heavy atom. The van der Waals surface area contributed by atoms with E-state index in [1.54, 1.807) is 6.07 Å². The zero-order chi connectivity index (χ0) is 16.6. The molecule has 0 unspecified atom stereocenters. The number of amides is 1. The quantitative estimate of drug-likeness (QED) is 0.839. The number of aryl methyl sites for hydroxylation is 1. The molecule has 120 valence electrons. The molecule has 0 spiro atoms. The van der Waals surface area contributed by atoms with Gasteiger partial charge in [0.25, 0.3) is 5.91 Å². The van der Waals surface area contributed by atoms with E-state index in [0.717, 1.165) is 23.5 Å². The first kappa shape index (κ1) is 15.2. The van der Waals surface area contributed by atoms with E-state index >= 15 is 0 Å². The van der Waals surface area contributed by atoms with Crippen molar-refractivity contribution in [2.24, 2.45) is 5.10 Å². The summed E-state index contributed by atoms with van der Waals surface area (Å²) in [6, 6.07) is 1.68. The van der Waals surface area contributed by atoms with Gasteiger partial charge in [0.2, 0.25) is 0 Å². The summed E-state index contributed by atoms with van der Waals surface area (Å²) in [5.41, 5.74) is 7.76. The number of nitrogens with one attached hydrogen (secondary N) is 2. The molecule has 23 heavy (non-hydrogen) atoms. The summed E-state index contributed by atoms with van der Waals surface area (Å²) in [4.78, 5) is 17.5. The molecule has 1 aliphatic heterocycles. The van der Waals surface area contributed by atoms with Gasteiger partial charge >= 0.3 is 0 Å². The van der Waals surface area contributed by atoms with E-state index in [9.17, 15) is 4.79 Å². The maximum absolute atomic E-state index is 12.1. The molecule has 7 heteroatoms. The number of aromatic amines is 1. The molecule has 1 amide bonds. The molecule has 0 radical (unpaired) electrons. The minimum absolute atomic E-state index is 0.253. The first-order valence-corrected chi connectivity index (χ1v) is 7.31. The number of hydrazone groups is 1. The normalized spacial score (nSPS) is 16.3. The monoisotopic (exact) mass is 313 g/mol. The van der Waals surface area contributed by atoms with Crippen molar-refractivity contribution in [3.63, 3.8) is 0 Å².